The smallest absolute Gasteiger partial charge is 0.251 e. The fourth-order valence-corrected chi connectivity index (χ4v) is 5.66. The molecule has 6 nitrogen and oxygen atoms in total. The topological polar surface area (TPSA) is 69.7 Å². The van der Waals surface area contributed by atoms with Crippen LogP contribution in [0.5, 0.6) is 0 Å². The van der Waals surface area contributed by atoms with Crippen molar-refractivity contribution in [3.8, 4) is 0 Å². The third kappa shape index (κ3) is 5.69. The molecule has 8 heteroatoms. The number of rotatable bonds is 9. The van der Waals surface area contributed by atoms with Crippen molar-refractivity contribution in [3.05, 3.63) is 28.8 Å². The van der Waals surface area contributed by atoms with E-state index in [4.69, 9.17) is 11.6 Å². The van der Waals surface area contributed by atoms with E-state index in [0.29, 0.717) is 31.2 Å². The Morgan fingerprint density at radius 3 is 2.43 bits per heavy atom. The third-order valence-electron chi connectivity index (χ3n) is 5.46. The molecule has 0 heterocycles. The van der Waals surface area contributed by atoms with Crippen molar-refractivity contribution in [1.29, 1.82) is 0 Å². The average molecular weight is 430 g/mol. The number of nitrogens with one attached hydrogen (secondary N) is 1. The van der Waals surface area contributed by atoms with E-state index in [1.54, 1.807) is 19.9 Å². The van der Waals surface area contributed by atoms with Gasteiger partial charge in [0.25, 0.3) is 5.91 Å². The number of benzene rings is 1. The zero-order valence-corrected chi connectivity index (χ0v) is 18.7. The molecule has 0 aliphatic heterocycles. The molecule has 0 spiro atoms. The lowest BCUT2D eigenvalue weighted by molar-refractivity contribution is 0.0944. The van der Waals surface area contributed by atoms with Crippen LogP contribution in [0.25, 0.3) is 0 Å². The second-order valence-corrected chi connectivity index (χ2v) is 9.58. The van der Waals surface area contributed by atoms with Gasteiger partial charge in [-0.05, 0) is 38.1 Å². The molecule has 1 amide bonds. The molecule has 1 aliphatic rings. The maximum Gasteiger partial charge on any atom is 0.251 e. The van der Waals surface area contributed by atoms with Gasteiger partial charge in [0.15, 0.2) is 0 Å². The van der Waals surface area contributed by atoms with Gasteiger partial charge in [0.05, 0.1) is 5.02 Å². The van der Waals surface area contributed by atoms with Gasteiger partial charge in [-0.2, -0.15) is 4.31 Å². The minimum Gasteiger partial charge on any atom is -0.351 e. The SMILES string of the molecule is CCN(CC)S(=O)(=O)c1cc(C(=O)NCCN(C)C2CCCCC2)ccc1Cl. The number of amides is 1. The summed E-state index contributed by atoms with van der Waals surface area (Å²) in [6.45, 7) is 5.53. The van der Waals surface area contributed by atoms with Gasteiger partial charge >= 0.3 is 0 Å². The van der Waals surface area contributed by atoms with Crippen molar-refractivity contribution >= 4 is 27.5 Å². The van der Waals surface area contributed by atoms with E-state index in [-0.39, 0.29) is 15.8 Å². The van der Waals surface area contributed by atoms with Gasteiger partial charge in [-0.1, -0.05) is 44.7 Å². The maximum atomic E-state index is 12.8. The van der Waals surface area contributed by atoms with Crippen LogP contribution in [0, 0.1) is 0 Å². The number of halogens is 1. The number of sulfonamides is 1. The van der Waals surface area contributed by atoms with Gasteiger partial charge in [0.2, 0.25) is 10.0 Å². The molecule has 0 radical (unpaired) electrons. The number of hydrogen-bond acceptors (Lipinski definition) is 4. The Bertz CT molecular complexity index is 760. The fraction of sp³-hybridized carbons (Fsp3) is 0.650. The average Bonchev–Trinajstić information content (AvgIpc) is 2.69. The first-order valence-electron chi connectivity index (χ1n) is 10.1. The fourth-order valence-electron chi connectivity index (χ4n) is 3.70. The molecular weight excluding hydrogens is 398 g/mol. The van der Waals surface area contributed by atoms with E-state index in [0.717, 1.165) is 6.54 Å². The molecule has 1 aromatic rings. The molecule has 1 saturated carbocycles. The molecule has 158 valence electrons. The van der Waals surface area contributed by atoms with Crippen LogP contribution in [0.15, 0.2) is 23.1 Å². The molecule has 0 unspecified atom stereocenters. The van der Waals surface area contributed by atoms with E-state index >= 15 is 0 Å². The van der Waals surface area contributed by atoms with Crippen molar-refractivity contribution in [1.82, 2.24) is 14.5 Å². The van der Waals surface area contributed by atoms with Crippen LogP contribution in [0.4, 0.5) is 0 Å². The highest BCUT2D eigenvalue weighted by Crippen LogP contribution is 2.26. The van der Waals surface area contributed by atoms with E-state index < -0.39 is 10.0 Å². The first-order chi connectivity index (χ1) is 13.3. The Labute approximate surface area is 174 Å². The lowest BCUT2D eigenvalue weighted by Crippen LogP contribution is -2.39. The molecular formula is C20H32ClN3O3S. The standard InChI is InChI=1S/C20H32ClN3O3S/c1-4-24(5-2)28(26,27)19-15-16(11-12-18(19)21)20(25)22-13-14-23(3)17-9-7-6-8-10-17/h11-12,15,17H,4-10,13-14H2,1-3H3,(H,22,25). The maximum absolute atomic E-state index is 12.8. The largest absolute Gasteiger partial charge is 0.351 e. The minimum absolute atomic E-state index is 0.0233. The Morgan fingerprint density at radius 1 is 1.18 bits per heavy atom. The quantitative estimate of drug-likeness (QED) is 0.653. The van der Waals surface area contributed by atoms with Gasteiger partial charge in [-0.15, -0.1) is 0 Å². The van der Waals surface area contributed by atoms with E-state index in [9.17, 15) is 13.2 Å². The Balaban J connectivity index is 2.02. The summed E-state index contributed by atoms with van der Waals surface area (Å²) in [6, 6.07) is 4.99. The normalized spacial score (nSPS) is 15.9. The lowest BCUT2D eigenvalue weighted by atomic mass is 9.94. The first-order valence-corrected chi connectivity index (χ1v) is 11.9. The molecule has 1 aliphatic carbocycles. The predicted molar refractivity (Wildman–Crippen MR) is 113 cm³/mol. The number of hydrogen-bond donors (Lipinski definition) is 1. The Hall–Kier alpha value is -1.15. The van der Waals surface area contributed by atoms with E-state index in [2.05, 4.69) is 17.3 Å². The van der Waals surface area contributed by atoms with Crippen LogP contribution >= 0.6 is 11.6 Å². The van der Waals surface area contributed by atoms with Gasteiger partial charge in [0, 0.05) is 37.8 Å². The molecule has 0 saturated heterocycles. The number of carbonyl (C=O) groups is 1. The van der Waals surface area contributed by atoms with Crippen molar-refractivity contribution in [2.45, 2.75) is 56.9 Å². The molecule has 0 bridgehead atoms. The van der Waals surface area contributed by atoms with Crippen LogP contribution in [-0.2, 0) is 10.0 Å². The molecule has 0 aromatic heterocycles. The summed E-state index contributed by atoms with van der Waals surface area (Å²) in [7, 11) is -1.63. The van der Waals surface area contributed by atoms with Crippen LogP contribution in [0.2, 0.25) is 5.02 Å². The highest BCUT2D eigenvalue weighted by atomic mass is 35.5. The van der Waals surface area contributed by atoms with Crippen LogP contribution in [0.3, 0.4) is 0 Å². The van der Waals surface area contributed by atoms with Crippen LogP contribution < -0.4 is 5.32 Å². The van der Waals surface area contributed by atoms with Gasteiger partial charge < -0.3 is 10.2 Å². The zero-order valence-electron chi connectivity index (χ0n) is 17.1. The summed E-state index contributed by atoms with van der Waals surface area (Å²) in [6.07, 6.45) is 6.30. The van der Waals surface area contributed by atoms with Crippen molar-refractivity contribution in [2.75, 3.05) is 33.2 Å². The van der Waals surface area contributed by atoms with Crippen molar-refractivity contribution in [2.24, 2.45) is 0 Å². The van der Waals surface area contributed by atoms with Crippen molar-refractivity contribution < 1.29 is 13.2 Å². The monoisotopic (exact) mass is 429 g/mol. The van der Waals surface area contributed by atoms with Crippen molar-refractivity contribution in [3.63, 3.8) is 0 Å². The molecule has 2 rings (SSSR count). The summed E-state index contributed by atoms with van der Waals surface area (Å²) >= 11 is 6.13. The van der Waals surface area contributed by atoms with E-state index in [1.165, 1.54) is 48.5 Å². The molecule has 28 heavy (non-hydrogen) atoms. The molecule has 1 fully saturated rings. The zero-order chi connectivity index (χ0) is 20.7. The van der Waals surface area contributed by atoms with E-state index in [1.807, 2.05) is 0 Å². The Kier molecular flexibility index (Phi) is 8.74. The summed E-state index contributed by atoms with van der Waals surface area (Å²) in [5, 5.41) is 3.02. The first kappa shape index (κ1) is 23.1. The Morgan fingerprint density at radius 2 is 1.82 bits per heavy atom. The van der Waals surface area contributed by atoms with Gasteiger partial charge in [-0.3, -0.25) is 4.79 Å². The minimum atomic E-state index is -3.72. The van der Waals surface area contributed by atoms with Crippen LogP contribution in [0.1, 0.15) is 56.3 Å². The summed E-state index contributed by atoms with van der Waals surface area (Å²) in [4.78, 5) is 14.8. The molecule has 0 atom stereocenters. The highest BCUT2D eigenvalue weighted by Gasteiger charge is 2.25. The second kappa shape index (κ2) is 10.6. The number of carbonyl (C=O) groups excluding carboxylic acids is 1. The summed E-state index contributed by atoms with van der Waals surface area (Å²) in [5.74, 6) is -0.287. The number of nitrogens with zero attached hydrogens (tertiary/aromatic N) is 2. The summed E-state index contributed by atoms with van der Waals surface area (Å²) in [5.41, 5.74) is 0.301. The lowest BCUT2D eigenvalue weighted by Gasteiger charge is -2.31. The predicted octanol–water partition coefficient (Wildman–Crippen LogP) is 3.36. The second-order valence-electron chi connectivity index (χ2n) is 7.26. The summed E-state index contributed by atoms with van der Waals surface area (Å²) < 4.78 is 26.9. The van der Waals surface area contributed by atoms with Gasteiger partial charge in [0.1, 0.15) is 4.90 Å². The molecule has 1 aromatic carbocycles. The highest BCUT2D eigenvalue weighted by molar-refractivity contribution is 7.89. The third-order valence-corrected chi connectivity index (χ3v) is 8.00. The van der Waals surface area contributed by atoms with Crippen LogP contribution in [-0.4, -0.2) is 62.8 Å². The molecule has 1 N–H and O–H groups in total. The van der Waals surface area contributed by atoms with Gasteiger partial charge in [-0.25, -0.2) is 8.42 Å². The number of likely N-dealkylation sites (N-methyl/N-ethyl adjacent to an activating group) is 1.